The van der Waals surface area contributed by atoms with Gasteiger partial charge in [0, 0.05) is 37.3 Å². The molecule has 2 aromatic rings. The quantitative estimate of drug-likeness (QED) is 0.738. The van der Waals surface area contributed by atoms with Crippen molar-refractivity contribution in [2.45, 2.75) is 51.5 Å². The van der Waals surface area contributed by atoms with E-state index in [-0.39, 0.29) is 35.7 Å². The SMILES string of the molecule is CC(=O)N1c2ccc(S(=O)(=O)NCCC(=O)Nc3cccc(C)c3C)cc2CC1C. The molecule has 0 saturated carbocycles. The molecule has 1 unspecified atom stereocenters. The molecule has 0 aliphatic carbocycles. The number of sulfonamides is 1. The Morgan fingerprint density at radius 2 is 1.90 bits per heavy atom. The highest BCUT2D eigenvalue weighted by atomic mass is 32.2. The van der Waals surface area contributed by atoms with E-state index in [4.69, 9.17) is 0 Å². The Balaban J connectivity index is 1.62. The molecule has 1 aliphatic heterocycles. The molecule has 0 aromatic heterocycles. The third kappa shape index (κ3) is 4.55. The molecule has 0 spiro atoms. The van der Waals surface area contributed by atoms with Crippen LogP contribution in [0.4, 0.5) is 11.4 Å². The molecule has 8 heteroatoms. The second kappa shape index (κ2) is 8.57. The van der Waals surface area contributed by atoms with E-state index in [0.29, 0.717) is 6.42 Å². The number of benzene rings is 2. The van der Waals surface area contributed by atoms with Crippen molar-refractivity contribution in [1.29, 1.82) is 0 Å². The highest BCUT2D eigenvalue weighted by molar-refractivity contribution is 7.89. The van der Waals surface area contributed by atoms with Gasteiger partial charge >= 0.3 is 0 Å². The fraction of sp³-hybridized carbons (Fsp3) is 0.364. The standard InChI is InChI=1S/C22H27N3O4S/c1-14-6-5-7-20(16(14)3)24-22(27)10-11-23-30(28,29)19-8-9-21-18(13-19)12-15(2)25(21)17(4)26/h5-9,13,15,23H,10-12H2,1-4H3,(H,24,27). The number of aryl methyl sites for hydroxylation is 1. The summed E-state index contributed by atoms with van der Waals surface area (Å²) in [5.41, 5.74) is 4.36. The van der Waals surface area contributed by atoms with E-state index in [1.807, 2.05) is 39.0 Å². The van der Waals surface area contributed by atoms with Gasteiger partial charge in [0.2, 0.25) is 21.8 Å². The largest absolute Gasteiger partial charge is 0.326 e. The van der Waals surface area contributed by atoms with Crippen LogP contribution in [-0.2, 0) is 26.0 Å². The van der Waals surface area contributed by atoms with Crippen molar-refractivity contribution >= 4 is 33.2 Å². The Morgan fingerprint density at radius 3 is 2.60 bits per heavy atom. The van der Waals surface area contributed by atoms with E-state index in [1.54, 1.807) is 17.0 Å². The van der Waals surface area contributed by atoms with E-state index in [2.05, 4.69) is 10.0 Å². The maximum absolute atomic E-state index is 12.6. The molecule has 0 saturated heterocycles. The first-order chi connectivity index (χ1) is 14.1. The van der Waals surface area contributed by atoms with Crippen LogP contribution in [0.1, 0.15) is 37.0 Å². The summed E-state index contributed by atoms with van der Waals surface area (Å²) in [6, 6.07) is 10.4. The lowest BCUT2D eigenvalue weighted by Gasteiger charge is -2.20. The Bertz CT molecular complexity index is 1100. The topological polar surface area (TPSA) is 95.6 Å². The molecule has 1 atom stereocenters. The van der Waals surface area contributed by atoms with E-state index >= 15 is 0 Å². The van der Waals surface area contributed by atoms with Gasteiger partial charge in [0.1, 0.15) is 0 Å². The zero-order valence-corrected chi connectivity index (χ0v) is 18.5. The van der Waals surface area contributed by atoms with Crippen LogP contribution < -0.4 is 14.9 Å². The predicted octanol–water partition coefficient (Wildman–Crippen LogP) is 2.91. The van der Waals surface area contributed by atoms with Crippen molar-refractivity contribution in [3.05, 3.63) is 53.1 Å². The highest BCUT2D eigenvalue weighted by Crippen LogP contribution is 2.33. The van der Waals surface area contributed by atoms with Crippen LogP contribution in [0.15, 0.2) is 41.3 Å². The average molecular weight is 430 g/mol. The van der Waals surface area contributed by atoms with Crippen LogP contribution in [0.25, 0.3) is 0 Å². The van der Waals surface area contributed by atoms with Gasteiger partial charge in [0.15, 0.2) is 0 Å². The summed E-state index contributed by atoms with van der Waals surface area (Å²) < 4.78 is 27.8. The van der Waals surface area contributed by atoms with Gasteiger partial charge in [-0.25, -0.2) is 13.1 Å². The van der Waals surface area contributed by atoms with Crippen LogP contribution in [0.2, 0.25) is 0 Å². The van der Waals surface area contributed by atoms with Crippen LogP contribution in [0.5, 0.6) is 0 Å². The number of carbonyl (C=O) groups excluding carboxylic acids is 2. The first kappa shape index (κ1) is 22.0. The predicted molar refractivity (Wildman–Crippen MR) is 117 cm³/mol. The molecule has 0 bridgehead atoms. The van der Waals surface area contributed by atoms with Crippen LogP contribution in [0.3, 0.4) is 0 Å². The van der Waals surface area contributed by atoms with Crippen molar-refractivity contribution in [2.75, 3.05) is 16.8 Å². The lowest BCUT2D eigenvalue weighted by molar-refractivity contribution is -0.117. The van der Waals surface area contributed by atoms with Gasteiger partial charge in [0.05, 0.1) is 4.90 Å². The summed E-state index contributed by atoms with van der Waals surface area (Å²) in [7, 11) is -3.75. The van der Waals surface area contributed by atoms with Gasteiger partial charge in [-0.3, -0.25) is 9.59 Å². The van der Waals surface area contributed by atoms with Gasteiger partial charge in [-0.2, -0.15) is 0 Å². The summed E-state index contributed by atoms with van der Waals surface area (Å²) in [5.74, 6) is -0.323. The smallest absolute Gasteiger partial charge is 0.240 e. The second-order valence-corrected chi connectivity index (χ2v) is 9.44. The number of nitrogens with one attached hydrogen (secondary N) is 2. The first-order valence-electron chi connectivity index (χ1n) is 9.88. The normalized spacial score (nSPS) is 15.7. The monoisotopic (exact) mass is 429 g/mol. The van der Waals surface area contributed by atoms with Crippen molar-refractivity contribution in [3.63, 3.8) is 0 Å². The van der Waals surface area contributed by atoms with Gasteiger partial charge in [-0.1, -0.05) is 12.1 Å². The number of hydrogen-bond donors (Lipinski definition) is 2. The number of hydrogen-bond acceptors (Lipinski definition) is 4. The highest BCUT2D eigenvalue weighted by Gasteiger charge is 2.30. The van der Waals surface area contributed by atoms with Crippen molar-refractivity contribution in [2.24, 2.45) is 0 Å². The number of nitrogens with zero attached hydrogens (tertiary/aromatic N) is 1. The van der Waals surface area contributed by atoms with Gasteiger partial charge < -0.3 is 10.2 Å². The van der Waals surface area contributed by atoms with E-state index in [0.717, 1.165) is 28.1 Å². The maximum atomic E-state index is 12.6. The minimum atomic E-state index is -3.75. The number of carbonyl (C=O) groups is 2. The molecule has 1 aliphatic rings. The molecule has 3 rings (SSSR count). The van der Waals surface area contributed by atoms with E-state index in [9.17, 15) is 18.0 Å². The summed E-state index contributed by atoms with van der Waals surface area (Å²) >= 11 is 0. The van der Waals surface area contributed by atoms with Crippen molar-refractivity contribution in [3.8, 4) is 0 Å². The van der Waals surface area contributed by atoms with Crippen molar-refractivity contribution in [1.82, 2.24) is 4.72 Å². The van der Waals surface area contributed by atoms with Crippen molar-refractivity contribution < 1.29 is 18.0 Å². The molecule has 2 amide bonds. The molecule has 0 fully saturated rings. The number of fused-ring (bicyclic) bond motifs is 1. The molecule has 7 nitrogen and oxygen atoms in total. The van der Waals surface area contributed by atoms with E-state index < -0.39 is 10.0 Å². The number of rotatable bonds is 6. The molecule has 2 aromatic carbocycles. The molecule has 2 N–H and O–H groups in total. The Kier molecular flexibility index (Phi) is 6.28. The summed E-state index contributed by atoms with van der Waals surface area (Å²) in [6.45, 7) is 7.32. The second-order valence-electron chi connectivity index (χ2n) is 7.68. The van der Waals surface area contributed by atoms with Crippen LogP contribution in [0, 0.1) is 13.8 Å². The fourth-order valence-corrected chi connectivity index (χ4v) is 4.82. The summed E-state index contributed by atoms with van der Waals surface area (Å²) in [6.07, 6.45) is 0.628. The van der Waals surface area contributed by atoms with E-state index in [1.165, 1.54) is 13.0 Å². The fourth-order valence-electron chi connectivity index (χ4n) is 3.74. The molecule has 0 radical (unpaired) electrons. The van der Waals surface area contributed by atoms with Gasteiger partial charge in [0.25, 0.3) is 0 Å². The van der Waals surface area contributed by atoms with Gasteiger partial charge in [-0.05, 0) is 68.1 Å². The van der Waals surface area contributed by atoms with Crippen LogP contribution >= 0.6 is 0 Å². The Labute approximate surface area is 177 Å². The van der Waals surface area contributed by atoms with Crippen LogP contribution in [-0.4, -0.2) is 32.8 Å². The lowest BCUT2D eigenvalue weighted by atomic mass is 10.1. The minimum absolute atomic E-state index is 0.00260. The zero-order valence-electron chi connectivity index (χ0n) is 17.7. The van der Waals surface area contributed by atoms with Gasteiger partial charge in [-0.15, -0.1) is 0 Å². The molecular formula is C22H27N3O4S. The first-order valence-corrected chi connectivity index (χ1v) is 11.4. The number of amides is 2. The lowest BCUT2D eigenvalue weighted by Crippen LogP contribution is -2.33. The minimum Gasteiger partial charge on any atom is -0.326 e. The molecule has 1 heterocycles. The summed E-state index contributed by atoms with van der Waals surface area (Å²) in [4.78, 5) is 25.8. The average Bonchev–Trinajstić information content (AvgIpc) is 3.00. The Hall–Kier alpha value is -2.71. The third-order valence-electron chi connectivity index (χ3n) is 5.44. The third-order valence-corrected chi connectivity index (χ3v) is 6.90. The summed E-state index contributed by atoms with van der Waals surface area (Å²) in [5, 5.41) is 2.82. The number of anilines is 2. The maximum Gasteiger partial charge on any atom is 0.240 e. The Morgan fingerprint density at radius 1 is 1.17 bits per heavy atom. The molecular weight excluding hydrogens is 402 g/mol. The molecule has 30 heavy (non-hydrogen) atoms. The zero-order chi connectivity index (χ0) is 22.1. The molecule has 160 valence electrons.